The molecule has 0 spiro atoms. The SMILES string of the molecule is COc1ncc(C(=O)N2CCN(c3ccccn3)CC2)cn1. The Hall–Kier alpha value is -2.70. The Bertz CT molecular complexity index is 624. The lowest BCUT2D eigenvalue weighted by atomic mass is 10.2. The molecule has 1 aliphatic heterocycles. The van der Waals surface area contributed by atoms with E-state index in [-0.39, 0.29) is 11.9 Å². The summed E-state index contributed by atoms with van der Waals surface area (Å²) in [6.45, 7) is 2.84. The van der Waals surface area contributed by atoms with Gasteiger partial charge in [0.25, 0.3) is 5.91 Å². The fraction of sp³-hybridized carbons (Fsp3) is 0.333. The maximum atomic E-state index is 12.4. The standard InChI is InChI=1S/C15H17N5O2/c1-22-15-17-10-12(11-18-15)14(21)20-8-6-19(7-9-20)13-4-2-3-5-16-13/h2-5,10-11H,6-9H2,1H3. The molecule has 2 aromatic rings. The Morgan fingerprint density at radius 2 is 1.82 bits per heavy atom. The van der Waals surface area contributed by atoms with E-state index in [1.807, 2.05) is 23.1 Å². The third-order valence-electron chi connectivity index (χ3n) is 3.60. The number of hydrogen-bond donors (Lipinski definition) is 0. The predicted molar refractivity (Wildman–Crippen MR) is 80.9 cm³/mol. The van der Waals surface area contributed by atoms with Crippen molar-refractivity contribution in [3.8, 4) is 6.01 Å². The molecule has 2 aromatic heterocycles. The van der Waals surface area contributed by atoms with Gasteiger partial charge in [0.1, 0.15) is 5.82 Å². The van der Waals surface area contributed by atoms with Crippen molar-refractivity contribution in [3.63, 3.8) is 0 Å². The first-order valence-corrected chi connectivity index (χ1v) is 7.09. The molecule has 0 saturated carbocycles. The van der Waals surface area contributed by atoms with Gasteiger partial charge in [-0.25, -0.2) is 15.0 Å². The predicted octanol–water partition coefficient (Wildman–Crippen LogP) is 0.843. The van der Waals surface area contributed by atoms with Crippen LogP contribution in [-0.2, 0) is 0 Å². The van der Waals surface area contributed by atoms with Crippen LogP contribution in [0.5, 0.6) is 6.01 Å². The van der Waals surface area contributed by atoms with Gasteiger partial charge < -0.3 is 14.5 Å². The average Bonchev–Trinajstić information content (AvgIpc) is 2.62. The first-order chi connectivity index (χ1) is 10.8. The number of carbonyl (C=O) groups excluding carboxylic acids is 1. The van der Waals surface area contributed by atoms with Crippen LogP contribution in [0.3, 0.4) is 0 Å². The quantitative estimate of drug-likeness (QED) is 0.836. The second kappa shape index (κ2) is 6.38. The molecule has 0 atom stereocenters. The zero-order valence-corrected chi connectivity index (χ0v) is 12.3. The highest BCUT2D eigenvalue weighted by Gasteiger charge is 2.23. The van der Waals surface area contributed by atoms with E-state index >= 15 is 0 Å². The van der Waals surface area contributed by atoms with Crippen LogP contribution in [0.1, 0.15) is 10.4 Å². The lowest BCUT2D eigenvalue weighted by Crippen LogP contribution is -2.49. The largest absolute Gasteiger partial charge is 0.467 e. The zero-order chi connectivity index (χ0) is 15.4. The monoisotopic (exact) mass is 299 g/mol. The highest BCUT2D eigenvalue weighted by Crippen LogP contribution is 2.14. The number of piperazine rings is 1. The summed E-state index contributed by atoms with van der Waals surface area (Å²) < 4.78 is 4.90. The van der Waals surface area contributed by atoms with Gasteiger partial charge in [-0.2, -0.15) is 0 Å². The minimum Gasteiger partial charge on any atom is -0.467 e. The number of methoxy groups -OCH3 is 1. The number of nitrogens with zero attached hydrogens (tertiary/aromatic N) is 5. The smallest absolute Gasteiger partial charge is 0.316 e. The van der Waals surface area contributed by atoms with Gasteiger partial charge in [0.2, 0.25) is 0 Å². The number of amides is 1. The molecule has 1 amide bonds. The molecule has 0 radical (unpaired) electrons. The summed E-state index contributed by atoms with van der Waals surface area (Å²) in [6.07, 6.45) is 4.78. The molecule has 0 bridgehead atoms. The summed E-state index contributed by atoms with van der Waals surface area (Å²) in [5.74, 6) is 0.894. The van der Waals surface area contributed by atoms with Crippen LogP contribution in [0.2, 0.25) is 0 Å². The van der Waals surface area contributed by atoms with Crippen molar-refractivity contribution in [3.05, 3.63) is 42.4 Å². The highest BCUT2D eigenvalue weighted by atomic mass is 16.5. The van der Waals surface area contributed by atoms with E-state index in [1.54, 1.807) is 6.20 Å². The molecule has 3 rings (SSSR count). The highest BCUT2D eigenvalue weighted by molar-refractivity contribution is 5.93. The van der Waals surface area contributed by atoms with Gasteiger partial charge in [-0.3, -0.25) is 4.79 Å². The van der Waals surface area contributed by atoms with Gasteiger partial charge >= 0.3 is 6.01 Å². The van der Waals surface area contributed by atoms with Crippen molar-refractivity contribution < 1.29 is 9.53 Å². The van der Waals surface area contributed by atoms with Crippen LogP contribution in [0.25, 0.3) is 0 Å². The molecular weight excluding hydrogens is 282 g/mol. The van der Waals surface area contributed by atoms with E-state index < -0.39 is 0 Å². The Balaban J connectivity index is 1.62. The van der Waals surface area contributed by atoms with E-state index in [0.29, 0.717) is 18.7 Å². The van der Waals surface area contributed by atoms with Crippen molar-refractivity contribution in [1.82, 2.24) is 19.9 Å². The molecule has 3 heterocycles. The minimum absolute atomic E-state index is 0.0525. The second-order valence-corrected chi connectivity index (χ2v) is 4.93. The molecule has 114 valence electrons. The van der Waals surface area contributed by atoms with Crippen LogP contribution in [-0.4, -0.2) is 59.0 Å². The summed E-state index contributed by atoms with van der Waals surface area (Å²) in [6, 6.07) is 6.10. The summed E-state index contributed by atoms with van der Waals surface area (Å²) in [7, 11) is 1.49. The van der Waals surface area contributed by atoms with Gasteiger partial charge in [-0.05, 0) is 12.1 Å². The number of carbonyl (C=O) groups is 1. The lowest BCUT2D eigenvalue weighted by molar-refractivity contribution is 0.0745. The van der Waals surface area contributed by atoms with Crippen LogP contribution in [0.4, 0.5) is 5.82 Å². The number of anilines is 1. The summed E-state index contributed by atoms with van der Waals surface area (Å²) >= 11 is 0. The summed E-state index contributed by atoms with van der Waals surface area (Å²) in [5.41, 5.74) is 0.479. The molecule has 0 aromatic carbocycles. The van der Waals surface area contributed by atoms with Crippen LogP contribution in [0.15, 0.2) is 36.8 Å². The van der Waals surface area contributed by atoms with Gasteiger partial charge in [0.05, 0.1) is 12.7 Å². The fourth-order valence-corrected chi connectivity index (χ4v) is 2.39. The number of ether oxygens (including phenoxy) is 1. The molecule has 7 nitrogen and oxygen atoms in total. The lowest BCUT2D eigenvalue weighted by Gasteiger charge is -2.35. The number of rotatable bonds is 3. The molecule has 0 unspecified atom stereocenters. The second-order valence-electron chi connectivity index (χ2n) is 4.93. The Morgan fingerprint density at radius 3 is 2.41 bits per heavy atom. The van der Waals surface area contributed by atoms with Crippen molar-refractivity contribution in [2.45, 2.75) is 0 Å². The Labute approximate surface area is 128 Å². The average molecular weight is 299 g/mol. The minimum atomic E-state index is -0.0525. The van der Waals surface area contributed by atoms with Crippen LogP contribution < -0.4 is 9.64 Å². The van der Waals surface area contributed by atoms with Crippen LogP contribution >= 0.6 is 0 Å². The first-order valence-electron chi connectivity index (χ1n) is 7.09. The number of aromatic nitrogens is 3. The van der Waals surface area contributed by atoms with Crippen molar-refractivity contribution >= 4 is 11.7 Å². The maximum absolute atomic E-state index is 12.4. The Morgan fingerprint density at radius 1 is 1.09 bits per heavy atom. The molecule has 1 saturated heterocycles. The van der Waals surface area contributed by atoms with E-state index in [9.17, 15) is 4.79 Å². The molecule has 0 aliphatic carbocycles. The number of hydrogen-bond acceptors (Lipinski definition) is 6. The topological polar surface area (TPSA) is 71.5 Å². The van der Waals surface area contributed by atoms with Crippen LogP contribution in [0, 0.1) is 0 Å². The van der Waals surface area contributed by atoms with Gasteiger partial charge in [0.15, 0.2) is 0 Å². The van der Waals surface area contributed by atoms with E-state index in [4.69, 9.17) is 4.74 Å². The van der Waals surface area contributed by atoms with E-state index in [2.05, 4.69) is 19.9 Å². The normalized spacial score (nSPS) is 14.8. The third kappa shape index (κ3) is 2.98. The third-order valence-corrected chi connectivity index (χ3v) is 3.60. The molecule has 22 heavy (non-hydrogen) atoms. The molecule has 0 N–H and O–H groups in total. The summed E-state index contributed by atoms with van der Waals surface area (Å²) in [5, 5.41) is 0. The first kappa shape index (κ1) is 14.2. The number of pyridine rings is 1. The van der Waals surface area contributed by atoms with Crippen molar-refractivity contribution in [2.24, 2.45) is 0 Å². The molecule has 1 aliphatic rings. The summed E-state index contributed by atoms with van der Waals surface area (Å²) in [4.78, 5) is 28.7. The van der Waals surface area contributed by atoms with Gasteiger partial charge in [0, 0.05) is 44.8 Å². The van der Waals surface area contributed by atoms with Gasteiger partial charge in [-0.15, -0.1) is 0 Å². The Kier molecular flexibility index (Phi) is 4.13. The molecule has 1 fully saturated rings. The zero-order valence-electron chi connectivity index (χ0n) is 12.3. The fourth-order valence-electron chi connectivity index (χ4n) is 2.39. The van der Waals surface area contributed by atoms with E-state index in [1.165, 1.54) is 19.5 Å². The van der Waals surface area contributed by atoms with E-state index in [0.717, 1.165) is 18.9 Å². The van der Waals surface area contributed by atoms with Crippen molar-refractivity contribution in [1.29, 1.82) is 0 Å². The molecular formula is C15H17N5O2. The van der Waals surface area contributed by atoms with Gasteiger partial charge in [-0.1, -0.05) is 6.07 Å². The van der Waals surface area contributed by atoms with Crippen molar-refractivity contribution in [2.75, 3.05) is 38.2 Å². The maximum Gasteiger partial charge on any atom is 0.316 e. The molecule has 7 heteroatoms.